The van der Waals surface area contributed by atoms with Gasteiger partial charge in [-0.2, -0.15) is 0 Å². The van der Waals surface area contributed by atoms with Gasteiger partial charge in [0.1, 0.15) is 0 Å². The molecule has 0 saturated carbocycles. The Kier molecular flexibility index (Phi) is 7.39. The van der Waals surface area contributed by atoms with Crippen molar-refractivity contribution in [2.75, 3.05) is 9.80 Å². The Labute approximate surface area is 307 Å². The van der Waals surface area contributed by atoms with Gasteiger partial charge in [0.25, 0.3) is 0 Å². The van der Waals surface area contributed by atoms with Crippen LogP contribution in [0.15, 0.2) is 163 Å². The molecule has 3 atom stereocenters. The predicted octanol–water partition coefficient (Wildman–Crippen LogP) is 13.1. The molecule has 0 heterocycles. The summed E-state index contributed by atoms with van der Waals surface area (Å²) in [5.74, 6) is 1.08. The average molecular weight is 671 g/mol. The molecule has 5 aliphatic rings. The van der Waals surface area contributed by atoms with Crippen LogP contribution in [0.5, 0.6) is 0 Å². The van der Waals surface area contributed by atoms with Crippen LogP contribution in [-0.2, 0) is 6.42 Å². The summed E-state index contributed by atoms with van der Waals surface area (Å²) in [4.78, 5) is 5.00. The van der Waals surface area contributed by atoms with E-state index >= 15 is 0 Å². The molecule has 0 aliphatic heterocycles. The van der Waals surface area contributed by atoms with Crippen molar-refractivity contribution >= 4 is 51.4 Å². The molecule has 2 heteroatoms. The summed E-state index contributed by atoms with van der Waals surface area (Å²) in [6.45, 7) is 4.69. The lowest BCUT2D eigenvalue weighted by Gasteiger charge is -2.40. The topological polar surface area (TPSA) is 6.48 Å². The van der Waals surface area contributed by atoms with Gasteiger partial charge in [0.05, 0.1) is 5.69 Å². The summed E-state index contributed by atoms with van der Waals surface area (Å²) in [6, 6.07) is 36.1. The second-order valence-corrected chi connectivity index (χ2v) is 14.9. The molecule has 0 radical (unpaired) electrons. The van der Waals surface area contributed by atoms with Crippen molar-refractivity contribution in [2.45, 2.75) is 39.0 Å². The minimum atomic E-state index is 0.302. The first-order valence-corrected chi connectivity index (χ1v) is 18.9. The van der Waals surface area contributed by atoms with Crippen LogP contribution >= 0.6 is 0 Å². The van der Waals surface area contributed by atoms with E-state index in [1.54, 1.807) is 0 Å². The number of rotatable bonds is 6. The van der Waals surface area contributed by atoms with Crippen molar-refractivity contribution in [1.82, 2.24) is 0 Å². The third-order valence-corrected chi connectivity index (χ3v) is 11.7. The second kappa shape index (κ2) is 12.4. The molecule has 0 N–H and O–H groups in total. The first-order valence-electron chi connectivity index (χ1n) is 18.9. The standard InChI is InChI=1S/C50H42N2/c1-33-29-47(51(39-17-5-3-6-18-39)41-23-21-35-13-9-11-15-37(35)31-41)45-28-26-44-34(2)30-48(46-27-25-43(33)49(45)50(44)46)52(40-19-7-4-8-20-40)42-24-22-36-14-10-12-16-38(36)32-42/h3-9,11-13,15-20,22-33,35,43H,10,14,21H2,1-2H3. The molecule has 2 nitrogen and oxygen atoms in total. The molecule has 5 aliphatic carbocycles. The number of hydrogen-bond donors (Lipinski definition) is 0. The number of anilines is 4. The lowest BCUT2D eigenvalue weighted by Crippen LogP contribution is -2.28. The fraction of sp³-hybridized carbons (Fsp3) is 0.160. The zero-order chi connectivity index (χ0) is 34.8. The number of fused-ring (bicyclic) bond motifs is 2. The summed E-state index contributed by atoms with van der Waals surface area (Å²) < 4.78 is 0. The summed E-state index contributed by atoms with van der Waals surface area (Å²) in [7, 11) is 0. The van der Waals surface area contributed by atoms with Gasteiger partial charge in [0, 0.05) is 51.4 Å². The molecule has 52 heavy (non-hydrogen) atoms. The summed E-state index contributed by atoms with van der Waals surface area (Å²) in [5, 5.41) is 2.73. The lowest BCUT2D eigenvalue weighted by atomic mass is 9.72. The molecule has 0 aromatic heterocycles. The molecule has 5 aromatic rings. The number of benzene rings is 5. The van der Waals surface area contributed by atoms with Crippen LogP contribution in [0.2, 0.25) is 0 Å². The highest BCUT2D eigenvalue weighted by atomic mass is 15.2. The van der Waals surface area contributed by atoms with E-state index in [9.17, 15) is 0 Å². The first kappa shape index (κ1) is 30.9. The molecule has 0 saturated heterocycles. The molecule has 0 fully saturated rings. The highest BCUT2D eigenvalue weighted by Crippen LogP contribution is 2.52. The van der Waals surface area contributed by atoms with Crippen molar-refractivity contribution in [3.05, 3.63) is 196 Å². The van der Waals surface area contributed by atoms with Crippen molar-refractivity contribution in [1.29, 1.82) is 0 Å². The smallest absolute Gasteiger partial charge is 0.0543 e. The van der Waals surface area contributed by atoms with Gasteiger partial charge in [0.2, 0.25) is 0 Å². The molecule has 10 rings (SSSR count). The third kappa shape index (κ3) is 5.00. The van der Waals surface area contributed by atoms with Gasteiger partial charge >= 0.3 is 0 Å². The third-order valence-electron chi connectivity index (χ3n) is 11.7. The summed E-state index contributed by atoms with van der Waals surface area (Å²) in [6.07, 6.45) is 29.1. The van der Waals surface area contributed by atoms with Crippen LogP contribution in [0.4, 0.5) is 22.7 Å². The van der Waals surface area contributed by atoms with E-state index in [1.807, 2.05) is 0 Å². The van der Waals surface area contributed by atoms with Gasteiger partial charge in [-0.1, -0.05) is 122 Å². The van der Waals surface area contributed by atoms with Crippen LogP contribution in [0.1, 0.15) is 59.1 Å². The Morgan fingerprint density at radius 3 is 2.37 bits per heavy atom. The van der Waals surface area contributed by atoms with E-state index in [0.29, 0.717) is 17.8 Å². The van der Waals surface area contributed by atoms with Crippen LogP contribution < -0.4 is 9.80 Å². The molecule has 5 aromatic carbocycles. The Morgan fingerprint density at radius 2 is 1.54 bits per heavy atom. The van der Waals surface area contributed by atoms with E-state index in [0.717, 1.165) is 19.3 Å². The van der Waals surface area contributed by atoms with E-state index in [1.165, 1.54) is 83.9 Å². The Bertz CT molecular complexity index is 2470. The molecule has 3 unspecified atom stereocenters. The maximum atomic E-state index is 2.52. The van der Waals surface area contributed by atoms with Crippen LogP contribution in [-0.4, -0.2) is 0 Å². The summed E-state index contributed by atoms with van der Waals surface area (Å²) >= 11 is 0. The van der Waals surface area contributed by atoms with E-state index in [4.69, 9.17) is 0 Å². The van der Waals surface area contributed by atoms with Crippen LogP contribution in [0.25, 0.3) is 28.6 Å². The number of para-hydroxylation sites is 2. The molecule has 0 spiro atoms. The Morgan fingerprint density at radius 1 is 0.731 bits per heavy atom. The quantitative estimate of drug-likeness (QED) is 0.177. The van der Waals surface area contributed by atoms with Crippen molar-refractivity contribution in [3.63, 3.8) is 0 Å². The van der Waals surface area contributed by atoms with E-state index in [2.05, 4.69) is 188 Å². The maximum Gasteiger partial charge on any atom is 0.0543 e. The normalized spacial score (nSPS) is 20.5. The number of nitrogens with zero attached hydrogens (tertiary/aromatic N) is 2. The van der Waals surface area contributed by atoms with Gasteiger partial charge < -0.3 is 9.80 Å². The average Bonchev–Trinajstić information content (AvgIpc) is 3.19. The molecular weight excluding hydrogens is 629 g/mol. The monoisotopic (exact) mass is 670 g/mol. The SMILES string of the molecule is Cc1cc(N(c2ccccc2)c2ccc3c(c2)C=CCC3)c2c3c4c(ccc13)C(N(C1=CCC3C=CC=CC3=C1)c1ccccc1)=CC(C)C4C=C2. The fourth-order valence-corrected chi connectivity index (χ4v) is 9.19. The zero-order valence-corrected chi connectivity index (χ0v) is 29.8. The zero-order valence-electron chi connectivity index (χ0n) is 29.8. The number of hydrogen-bond acceptors (Lipinski definition) is 2. The van der Waals surface area contributed by atoms with Gasteiger partial charge in [-0.15, -0.1) is 0 Å². The van der Waals surface area contributed by atoms with Crippen molar-refractivity contribution in [3.8, 4) is 0 Å². The van der Waals surface area contributed by atoms with Gasteiger partial charge in [-0.3, -0.25) is 0 Å². The Hall–Kier alpha value is -5.86. The van der Waals surface area contributed by atoms with Gasteiger partial charge in [0.15, 0.2) is 0 Å². The second-order valence-electron chi connectivity index (χ2n) is 14.9. The lowest BCUT2D eigenvalue weighted by molar-refractivity contribution is 0.635. The van der Waals surface area contributed by atoms with Crippen molar-refractivity contribution < 1.29 is 0 Å². The first-order chi connectivity index (χ1) is 25.6. The van der Waals surface area contributed by atoms with E-state index < -0.39 is 0 Å². The van der Waals surface area contributed by atoms with Crippen LogP contribution in [0.3, 0.4) is 0 Å². The maximum absolute atomic E-state index is 2.52. The van der Waals surface area contributed by atoms with Crippen molar-refractivity contribution in [2.24, 2.45) is 11.8 Å². The molecule has 0 amide bonds. The highest BCUT2D eigenvalue weighted by molar-refractivity contribution is 6.07. The molecule has 252 valence electrons. The Balaban J connectivity index is 1.19. The predicted molar refractivity (Wildman–Crippen MR) is 221 cm³/mol. The van der Waals surface area contributed by atoms with Gasteiger partial charge in [-0.05, 0) is 119 Å². The summed E-state index contributed by atoms with van der Waals surface area (Å²) in [5.41, 5.74) is 16.8. The molecule has 0 bridgehead atoms. The number of aryl methyl sites for hydroxylation is 2. The van der Waals surface area contributed by atoms with Crippen LogP contribution in [0, 0.1) is 18.8 Å². The van der Waals surface area contributed by atoms with E-state index in [-0.39, 0.29) is 0 Å². The number of allylic oxidation sites excluding steroid dienone is 10. The fourth-order valence-electron chi connectivity index (χ4n) is 9.19. The molecular formula is C50H42N2. The minimum absolute atomic E-state index is 0.302. The minimum Gasteiger partial charge on any atom is -0.311 e. The highest BCUT2D eigenvalue weighted by Gasteiger charge is 2.35. The van der Waals surface area contributed by atoms with Gasteiger partial charge in [-0.25, -0.2) is 0 Å². The largest absolute Gasteiger partial charge is 0.311 e.